The van der Waals surface area contributed by atoms with E-state index in [4.69, 9.17) is 5.11 Å². The number of carbonyl (C=O) groups excluding carboxylic acids is 1. The Morgan fingerprint density at radius 3 is 2.76 bits per heavy atom. The number of aromatic nitrogens is 1. The highest BCUT2D eigenvalue weighted by Crippen LogP contribution is 2.33. The highest BCUT2D eigenvalue weighted by atomic mass is 32.1. The van der Waals surface area contributed by atoms with Crippen LogP contribution in [0.5, 0.6) is 0 Å². The van der Waals surface area contributed by atoms with E-state index < -0.39 is 29.7 Å². The molecule has 0 spiro atoms. The van der Waals surface area contributed by atoms with Crippen molar-refractivity contribution in [3.05, 3.63) is 40.9 Å². The summed E-state index contributed by atoms with van der Waals surface area (Å²) in [7, 11) is 0. The Morgan fingerprint density at radius 2 is 2.08 bits per heavy atom. The Kier molecular flexibility index (Phi) is 4.51. The van der Waals surface area contributed by atoms with Crippen LogP contribution in [-0.4, -0.2) is 39.5 Å². The Hall–Kier alpha value is -2.42. The zero-order valence-corrected chi connectivity index (χ0v) is 13.6. The summed E-state index contributed by atoms with van der Waals surface area (Å²) in [5.74, 6) is -1.58. The summed E-state index contributed by atoms with van der Waals surface area (Å²) in [6.45, 7) is 0.326. The van der Waals surface area contributed by atoms with Crippen LogP contribution in [0.4, 0.5) is 13.2 Å². The molecule has 1 aliphatic heterocycles. The van der Waals surface area contributed by atoms with Gasteiger partial charge in [0.25, 0.3) is 5.91 Å². The summed E-state index contributed by atoms with van der Waals surface area (Å²) in [5.41, 5.74) is -0.487. The van der Waals surface area contributed by atoms with Crippen LogP contribution in [0.25, 0.3) is 10.6 Å². The largest absolute Gasteiger partial charge is 0.480 e. The fraction of sp³-hybridized carbons (Fsp3) is 0.312. The summed E-state index contributed by atoms with van der Waals surface area (Å²) in [5, 5.41) is 10.9. The number of likely N-dealkylation sites (tertiary alicyclic amines) is 1. The molecule has 9 heteroatoms. The van der Waals surface area contributed by atoms with Gasteiger partial charge in [-0.3, -0.25) is 4.79 Å². The summed E-state index contributed by atoms with van der Waals surface area (Å²) in [6, 6.07) is 3.82. The predicted octanol–water partition coefficient (Wildman–Crippen LogP) is 3.52. The van der Waals surface area contributed by atoms with Crippen molar-refractivity contribution in [2.75, 3.05) is 6.54 Å². The van der Waals surface area contributed by atoms with Gasteiger partial charge in [-0.15, -0.1) is 11.3 Å². The number of alkyl halides is 3. The van der Waals surface area contributed by atoms with Crippen molar-refractivity contribution >= 4 is 23.2 Å². The average molecular weight is 370 g/mol. The van der Waals surface area contributed by atoms with Gasteiger partial charge in [0, 0.05) is 17.5 Å². The number of amides is 1. The third kappa shape index (κ3) is 3.51. The molecule has 0 saturated carbocycles. The molecule has 1 amide bonds. The van der Waals surface area contributed by atoms with Crippen LogP contribution in [0.2, 0.25) is 0 Å². The number of thiazole rings is 1. The van der Waals surface area contributed by atoms with Crippen molar-refractivity contribution in [2.24, 2.45) is 0 Å². The van der Waals surface area contributed by atoms with Gasteiger partial charge in [-0.2, -0.15) is 13.2 Å². The Balaban J connectivity index is 1.86. The molecule has 0 bridgehead atoms. The Bertz CT molecular complexity index is 819. The molecule has 3 rings (SSSR count). The molecule has 1 aliphatic rings. The number of nitrogens with zero attached hydrogens (tertiary/aromatic N) is 2. The highest BCUT2D eigenvalue weighted by Gasteiger charge is 2.35. The fourth-order valence-electron chi connectivity index (χ4n) is 2.75. The van der Waals surface area contributed by atoms with Gasteiger partial charge < -0.3 is 10.0 Å². The lowest BCUT2D eigenvalue weighted by Crippen LogP contribution is -2.40. The summed E-state index contributed by atoms with van der Waals surface area (Å²) in [4.78, 5) is 29.0. The third-order valence-electron chi connectivity index (χ3n) is 3.96. The molecule has 1 saturated heterocycles. The van der Waals surface area contributed by atoms with Crippen molar-refractivity contribution < 1.29 is 27.9 Å². The minimum Gasteiger partial charge on any atom is -0.480 e. The monoisotopic (exact) mass is 370 g/mol. The molecule has 1 aromatic heterocycles. The van der Waals surface area contributed by atoms with Crippen LogP contribution in [-0.2, 0) is 11.0 Å². The van der Waals surface area contributed by atoms with E-state index in [9.17, 15) is 22.8 Å². The van der Waals surface area contributed by atoms with E-state index in [0.29, 0.717) is 19.4 Å². The molecule has 2 heterocycles. The molecule has 1 unspecified atom stereocenters. The minimum atomic E-state index is -4.46. The van der Waals surface area contributed by atoms with Gasteiger partial charge in [0.2, 0.25) is 0 Å². The maximum Gasteiger partial charge on any atom is 0.416 e. The first-order valence-corrected chi connectivity index (χ1v) is 8.32. The van der Waals surface area contributed by atoms with Crippen molar-refractivity contribution in [1.29, 1.82) is 0 Å². The van der Waals surface area contributed by atoms with Gasteiger partial charge in [-0.25, -0.2) is 9.78 Å². The van der Waals surface area contributed by atoms with Crippen LogP contribution in [0.3, 0.4) is 0 Å². The second-order valence-corrected chi connectivity index (χ2v) is 6.47. The number of aliphatic carboxylic acids is 1. The number of rotatable bonds is 3. The smallest absolute Gasteiger partial charge is 0.416 e. The molecule has 132 valence electrons. The number of carboxylic acids is 1. The molecule has 0 radical (unpaired) electrons. The summed E-state index contributed by atoms with van der Waals surface area (Å²) < 4.78 is 38.4. The van der Waals surface area contributed by atoms with Gasteiger partial charge in [0.05, 0.1) is 5.56 Å². The molecule has 25 heavy (non-hydrogen) atoms. The molecule has 2 aromatic rings. The fourth-order valence-corrected chi connectivity index (χ4v) is 3.54. The molecule has 1 fully saturated rings. The van der Waals surface area contributed by atoms with E-state index in [1.165, 1.54) is 22.4 Å². The number of carboxylic acid groups (broad SMARTS) is 1. The number of hydrogen-bond donors (Lipinski definition) is 1. The quantitative estimate of drug-likeness (QED) is 0.898. The van der Waals surface area contributed by atoms with Gasteiger partial charge in [-0.1, -0.05) is 12.1 Å². The maximum absolute atomic E-state index is 12.8. The first-order chi connectivity index (χ1) is 11.8. The van der Waals surface area contributed by atoms with Gasteiger partial charge in [0.1, 0.15) is 16.7 Å². The van der Waals surface area contributed by atoms with Crippen molar-refractivity contribution in [3.8, 4) is 10.6 Å². The van der Waals surface area contributed by atoms with Crippen molar-refractivity contribution in [1.82, 2.24) is 9.88 Å². The van der Waals surface area contributed by atoms with Crippen LogP contribution in [0.1, 0.15) is 28.9 Å². The maximum atomic E-state index is 12.8. The van der Waals surface area contributed by atoms with E-state index in [2.05, 4.69) is 4.98 Å². The highest BCUT2D eigenvalue weighted by molar-refractivity contribution is 7.13. The predicted molar refractivity (Wildman–Crippen MR) is 84.2 cm³/mol. The zero-order chi connectivity index (χ0) is 18.2. The third-order valence-corrected chi connectivity index (χ3v) is 4.85. The standard InChI is InChI=1S/C16H13F3N2O3S/c17-16(18,19)10-4-1-3-9(7-10)13-20-11(8-25-13)14(22)21-6-2-5-12(21)15(23)24/h1,3-4,7-8,12H,2,5-6H2,(H,23,24). The second-order valence-electron chi connectivity index (χ2n) is 5.61. The summed E-state index contributed by atoms with van der Waals surface area (Å²) in [6.07, 6.45) is -3.49. The lowest BCUT2D eigenvalue weighted by atomic mass is 10.1. The first kappa shape index (κ1) is 17.4. The van der Waals surface area contributed by atoms with Gasteiger partial charge in [-0.05, 0) is 25.0 Å². The Labute approximate surface area is 144 Å². The van der Waals surface area contributed by atoms with E-state index in [-0.39, 0.29) is 16.3 Å². The molecule has 1 aromatic carbocycles. The topological polar surface area (TPSA) is 70.5 Å². The molecular formula is C16H13F3N2O3S. The van der Waals surface area contributed by atoms with Crippen LogP contribution >= 0.6 is 11.3 Å². The van der Waals surface area contributed by atoms with Gasteiger partial charge >= 0.3 is 12.1 Å². The second kappa shape index (κ2) is 6.47. The number of halogens is 3. The van der Waals surface area contributed by atoms with E-state index in [1.807, 2.05) is 0 Å². The Morgan fingerprint density at radius 1 is 1.32 bits per heavy atom. The molecular weight excluding hydrogens is 357 g/mol. The zero-order valence-electron chi connectivity index (χ0n) is 12.8. The summed E-state index contributed by atoms with van der Waals surface area (Å²) >= 11 is 1.05. The normalized spacial score (nSPS) is 17.7. The SMILES string of the molecule is O=C(O)C1CCCN1C(=O)c1csc(-c2cccc(C(F)(F)F)c2)n1. The van der Waals surface area contributed by atoms with Gasteiger partial charge in [0.15, 0.2) is 0 Å². The van der Waals surface area contributed by atoms with Crippen LogP contribution < -0.4 is 0 Å². The average Bonchev–Trinajstić information content (AvgIpc) is 3.23. The van der Waals surface area contributed by atoms with Crippen molar-refractivity contribution in [2.45, 2.75) is 25.1 Å². The molecule has 0 aliphatic carbocycles. The van der Waals surface area contributed by atoms with E-state index in [0.717, 1.165) is 23.5 Å². The lowest BCUT2D eigenvalue weighted by Gasteiger charge is -2.20. The van der Waals surface area contributed by atoms with Crippen LogP contribution in [0, 0.1) is 0 Å². The minimum absolute atomic E-state index is 0.0468. The number of hydrogen-bond acceptors (Lipinski definition) is 4. The number of benzene rings is 1. The molecule has 1 atom stereocenters. The number of carbonyl (C=O) groups is 2. The van der Waals surface area contributed by atoms with E-state index >= 15 is 0 Å². The van der Waals surface area contributed by atoms with Crippen LogP contribution in [0.15, 0.2) is 29.6 Å². The first-order valence-electron chi connectivity index (χ1n) is 7.44. The van der Waals surface area contributed by atoms with E-state index in [1.54, 1.807) is 0 Å². The van der Waals surface area contributed by atoms with Crippen molar-refractivity contribution in [3.63, 3.8) is 0 Å². The molecule has 1 N–H and O–H groups in total. The lowest BCUT2D eigenvalue weighted by molar-refractivity contribution is -0.141. The molecule has 5 nitrogen and oxygen atoms in total.